The second-order valence-electron chi connectivity index (χ2n) is 4.65. The van der Waals surface area contributed by atoms with Crippen LogP contribution in [0.25, 0.3) is 11.0 Å². The average molecular weight is 294 g/mol. The smallest absolute Gasteiger partial charge is 0.336 e. The van der Waals surface area contributed by atoms with Crippen molar-refractivity contribution in [1.29, 1.82) is 0 Å². The number of rotatable bonds is 3. The van der Waals surface area contributed by atoms with Gasteiger partial charge in [-0.25, -0.2) is 4.79 Å². The molecule has 0 aliphatic heterocycles. The number of nitrogens with zero attached hydrogens (tertiary/aromatic N) is 1. The summed E-state index contributed by atoms with van der Waals surface area (Å²) in [4.78, 5) is 24.9. The van der Waals surface area contributed by atoms with Gasteiger partial charge in [0.15, 0.2) is 0 Å². The molecule has 0 saturated heterocycles. The van der Waals surface area contributed by atoms with E-state index in [1.54, 1.807) is 11.0 Å². The third-order valence-corrected chi connectivity index (χ3v) is 3.52. The van der Waals surface area contributed by atoms with Gasteiger partial charge in [-0.05, 0) is 38.0 Å². The van der Waals surface area contributed by atoms with E-state index >= 15 is 0 Å². The van der Waals surface area contributed by atoms with Crippen LogP contribution in [-0.4, -0.2) is 18.3 Å². The molecule has 1 aromatic heterocycles. The van der Waals surface area contributed by atoms with E-state index in [2.05, 4.69) is 0 Å². The first-order valence-electron chi connectivity index (χ1n) is 6.39. The third-order valence-electron chi connectivity index (χ3n) is 3.29. The highest BCUT2D eigenvalue weighted by molar-refractivity contribution is 6.29. The van der Waals surface area contributed by atoms with Crippen molar-refractivity contribution in [2.24, 2.45) is 0 Å². The van der Waals surface area contributed by atoms with Crippen LogP contribution in [0.5, 0.6) is 0 Å². The highest BCUT2D eigenvalue weighted by atomic mass is 35.5. The molecular weight excluding hydrogens is 278 g/mol. The first kappa shape index (κ1) is 14.6. The number of halogens is 1. The Labute approximate surface area is 121 Å². The number of alkyl halides is 1. The molecule has 0 N–H and O–H groups in total. The van der Waals surface area contributed by atoms with Crippen LogP contribution in [0.4, 0.5) is 5.69 Å². The van der Waals surface area contributed by atoms with Gasteiger partial charge < -0.3 is 9.32 Å². The van der Waals surface area contributed by atoms with Crippen molar-refractivity contribution in [3.63, 3.8) is 0 Å². The predicted octanol–water partition coefficient (Wildman–Crippen LogP) is 3.00. The molecule has 2 rings (SSSR count). The summed E-state index contributed by atoms with van der Waals surface area (Å²) < 4.78 is 5.22. The number of carbonyl (C=O) groups is 1. The lowest BCUT2D eigenvalue weighted by atomic mass is 10.1. The fourth-order valence-corrected chi connectivity index (χ4v) is 2.45. The molecule has 1 aromatic carbocycles. The first-order valence-corrected chi connectivity index (χ1v) is 6.92. The maximum Gasteiger partial charge on any atom is 0.336 e. The largest absolute Gasteiger partial charge is 0.423 e. The number of amides is 1. The van der Waals surface area contributed by atoms with Crippen LogP contribution < -0.4 is 10.5 Å². The number of carbonyl (C=O) groups excluding carboxylic acids is 1. The molecule has 1 amide bonds. The van der Waals surface area contributed by atoms with Crippen molar-refractivity contribution in [3.05, 3.63) is 39.7 Å². The molecule has 0 radical (unpaired) electrons. The Bertz CT molecular complexity index is 721. The Morgan fingerprint density at radius 2 is 1.95 bits per heavy atom. The third kappa shape index (κ3) is 2.56. The van der Waals surface area contributed by atoms with Crippen LogP contribution in [0.1, 0.15) is 18.1 Å². The molecule has 0 bridgehead atoms. The summed E-state index contributed by atoms with van der Waals surface area (Å²) in [6.07, 6.45) is 0. The van der Waals surface area contributed by atoms with Crippen molar-refractivity contribution in [2.45, 2.75) is 20.8 Å². The average Bonchev–Trinajstić information content (AvgIpc) is 2.40. The quantitative estimate of drug-likeness (QED) is 0.646. The minimum atomic E-state index is -0.392. The summed E-state index contributed by atoms with van der Waals surface area (Å²) in [7, 11) is 0. The van der Waals surface area contributed by atoms with E-state index < -0.39 is 5.63 Å². The van der Waals surface area contributed by atoms with Crippen LogP contribution >= 0.6 is 11.6 Å². The normalized spacial score (nSPS) is 10.8. The Kier molecular flexibility index (Phi) is 4.14. The van der Waals surface area contributed by atoms with Crippen LogP contribution in [-0.2, 0) is 4.79 Å². The highest BCUT2D eigenvalue weighted by Gasteiger charge is 2.16. The highest BCUT2D eigenvalue weighted by Crippen LogP contribution is 2.27. The molecule has 0 aliphatic carbocycles. The number of anilines is 1. The number of hydrogen-bond donors (Lipinski definition) is 0. The molecule has 4 nitrogen and oxygen atoms in total. The minimum Gasteiger partial charge on any atom is -0.423 e. The van der Waals surface area contributed by atoms with E-state index in [1.807, 2.05) is 26.8 Å². The van der Waals surface area contributed by atoms with E-state index in [4.69, 9.17) is 16.0 Å². The van der Waals surface area contributed by atoms with Crippen molar-refractivity contribution in [3.8, 4) is 0 Å². The molecule has 106 valence electrons. The fourth-order valence-electron chi connectivity index (χ4n) is 2.31. The fraction of sp³-hybridized carbons (Fsp3) is 0.333. The molecular formula is C15H16ClNO3. The Balaban J connectivity index is 2.68. The molecule has 5 heteroatoms. The zero-order valence-electron chi connectivity index (χ0n) is 11.7. The van der Waals surface area contributed by atoms with Crippen molar-refractivity contribution in [1.82, 2.24) is 0 Å². The Morgan fingerprint density at radius 1 is 1.25 bits per heavy atom. The molecule has 0 saturated carbocycles. The standard InChI is InChI=1S/C15H16ClNO3/c1-4-17(14(18)8-16)12-7-13-11(5-10(12)3)9(2)6-15(19)20-13/h5-7H,4,8H2,1-3H3. The van der Waals surface area contributed by atoms with Gasteiger partial charge in [0, 0.05) is 24.1 Å². The number of hydrogen-bond acceptors (Lipinski definition) is 3. The van der Waals surface area contributed by atoms with E-state index in [9.17, 15) is 9.59 Å². The minimum absolute atomic E-state index is 0.0803. The maximum atomic E-state index is 11.9. The van der Waals surface area contributed by atoms with Gasteiger partial charge in [-0.2, -0.15) is 0 Å². The number of benzene rings is 1. The van der Waals surface area contributed by atoms with E-state index in [0.717, 1.165) is 22.2 Å². The zero-order chi connectivity index (χ0) is 14.9. The molecule has 0 spiro atoms. The van der Waals surface area contributed by atoms with Gasteiger partial charge in [-0.15, -0.1) is 11.6 Å². The molecule has 20 heavy (non-hydrogen) atoms. The van der Waals surface area contributed by atoms with Gasteiger partial charge in [0.2, 0.25) is 5.91 Å². The van der Waals surface area contributed by atoms with E-state index in [0.29, 0.717) is 12.1 Å². The molecule has 0 aliphatic rings. The molecule has 0 atom stereocenters. The second kappa shape index (κ2) is 5.67. The van der Waals surface area contributed by atoms with Gasteiger partial charge in [0.05, 0.1) is 5.69 Å². The maximum absolute atomic E-state index is 11.9. The summed E-state index contributed by atoms with van der Waals surface area (Å²) in [6.45, 7) is 6.16. The predicted molar refractivity (Wildman–Crippen MR) is 80.7 cm³/mol. The lowest BCUT2D eigenvalue weighted by Crippen LogP contribution is -2.32. The molecule has 1 heterocycles. The summed E-state index contributed by atoms with van der Waals surface area (Å²) in [6, 6.07) is 5.11. The SMILES string of the molecule is CCN(C(=O)CCl)c1cc2oc(=O)cc(C)c2cc1C. The van der Waals surface area contributed by atoms with Crippen LogP contribution in [0.2, 0.25) is 0 Å². The summed E-state index contributed by atoms with van der Waals surface area (Å²) in [5, 5.41) is 0.875. The second-order valence-corrected chi connectivity index (χ2v) is 4.92. The summed E-state index contributed by atoms with van der Waals surface area (Å²) in [5.41, 5.74) is 2.61. The number of fused-ring (bicyclic) bond motifs is 1. The molecule has 0 fully saturated rings. The molecule has 2 aromatic rings. The van der Waals surface area contributed by atoms with E-state index in [1.165, 1.54) is 6.07 Å². The van der Waals surface area contributed by atoms with Crippen LogP contribution in [0.3, 0.4) is 0 Å². The first-order chi connectivity index (χ1) is 9.47. The van der Waals surface area contributed by atoms with E-state index in [-0.39, 0.29) is 11.8 Å². The van der Waals surface area contributed by atoms with Crippen molar-refractivity contribution < 1.29 is 9.21 Å². The Morgan fingerprint density at radius 3 is 2.55 bits per heavy atom. The lowest BCUT2D eigenvalue weighted by Gasteiger charge is -2.22. The molecule has 0 unspecified atom stereocenters. The zero-order valence-corrected chi connectivity index (χ0v) is 12.5. The topological polar surface area (TPSA) is 50.5 Å². The van der Waals surface area contributed by atoms with Crippen LogP contribution in [0, 0.1) is 13.8 Å². The number of aryl methyl sites for hydroxylation is 2. The monoisotopic (exact) mass is 293 g/mol. The van der Waals surface area contributed by atoms with Gasteiger partial charge >= 0.3 is 5.63 Å². The summed E-state index contributed by atoms with van der Waals surface area (Å²) >= 11 is 5.63. The lowest BCUT2D eigenvalue weighted by molar-refractivity contribution is -0.116. The van der Waals surface area contributed by atoms with Gasteiger partial charge in [0.1, 0.15) is 11.5 Å². The van der Waals surface area contributed by atoms with Gasteiger partial charge in [-0.3, -0.25) is 4.79 Å². The Hall–Kier alpha value is -1.81. The summed E-state index contributed by atoms with van der Waals surface area (Å²) in [5.74, 6) is -0.255. The van der Waals surface area contributed by atoms with Crippen LogP contribution in [0.15, 0.2) is 27.4 Å². The van der Waals surface area contributed by atoms with Crippen molar-refractivity contribution >= 4 is 34.2 Å². The van der Waals surface area contributed by atoms with Crippen molar-refractivity contribution in [2.75, 3.05) is 17.3 Å². The van der Waals surface area contributed by atoms with Gasteiger partial charge in [0.25, 0.3) is 0 Å². The van der Waals surface area contributed by atoms with Gasteiger partial charge in [-0.1, -0.05) is 0 Å².